The van der Waals surface area contributed by atoms with Crippen LogP contribution in [0.25, 0.3) is 11.2 Å². The van der Waals surface area contributed by atoms with Gasteiger partial charge in [0.05, 0.1) is 12.4 Å². The Morgan fingerprint density at radius 3 is 2.54 bits per heavy atom. The third-order valence-electron chi connectivity index (χ3n) is 4.36. The zero-order valence-corrected chi connectivity index (χ0v) is 14.9. The van der Waals surface area contributed by atoms with E-state index in [0.717, 1.165) is 38.5 Å². The van der Waals surface area contributed by atoms with Crippen LogP contribution in [0.3, 0.4) is 0 Å². The third kappa shape index (κ3) is 3.95. The fourth-order valence-electron chi connectivity index (χ4n) is 2.93. The van der Waals surface area contributed by atoms with Gasteiger partial charge in [0.1, 0.15) is 0 Å². The monoisotopic (exact) mass is 336 g/mol. The number of unbranched alkanes of at least 4 members (excludes halogenated alkanes) is 3. The van der Waals surface area contributed by atoms with E-state index in [1.807, 2.05) is 4.57 Å². The van der Waals surface area contributed by atoms with Gasteiger partial charge in [0.15, 0.2) is 11.2 Å². The van der Waals surface area contributed by atoms with E-state index in [2.05, 4.69) is 11.9 Å². The lowest BCUT2D eigenvalue weighted by Crippen LogP contribution is -2.39. The summed E-state index contributed by atoms with van der Waals surface area (Å²) in [7, 11) is 1.66. The molecular formula is C17H28N4O3. The number of rotatable bonds is 9. The summed E-state index contributed by atoms with van der Waals surface area (Å²) in [6.07, 6.45) is 6.66. The number of aromatic nitrogens is 4. The van der Waals surface area contributed by atoms with E-state index in [-0.39, 0.29) is 17.4 Å². The van der Waals surface area contributed by atoms with E-state index in [4.69, 9.17) is 0 Å². The first kappa shape index (κ1) is 18.4. The first-order valence-electron chi connectivity index (χ1n) is 8.80. The van der Waals surface area contributed by atoms with Gasteiger partial charge in [0.2, 0.25) is 0 Å². The normalized spacial score (nSPS) is 12.8. The average molecular weight is 336 g/mol. The van der Waals surface area contributed by atoms with Crippen LogP contribution in [-0.4, -0.2) is 29.9 Å². The van der Waals surface area contributed by atoms with Gasteiger partial charge < -0.3 is 9.67 Å². The molecular weight excluding hydrogens is 308 g/mol. The highest BCUT2D eigenvalue weighted by atomic mass is 16.3. The topological polar surface area (TPSA) is 82.0 Å². The van der Waals surface area contributed by atoms with E-state index in [1.54, 1.807) is 20.3 Å². The molecule has 0 bridgehead atoms. The molecule has 0 radical (unpaired) electrons. The maximum absolute atomic E-state index is 12.8. The van der Waals surface area contributed by atoms with Crippen molar-refractivity contribution in [1.82, 2.24) is 18.7 Å². The van der Waals surface area contributed by atoms with Gasteiger partial charge in [-0.15, -0.1) is 0 Å². The summed E-state index contributed by atoms with van der Waals surface area (Å²) in [6, 6.07) is 0. The van der Waals surface area contributed by atoms with Gasteiger partial charge in [-0.1, -0.05) is 19.8 Å². The molecule has 2 aromatic heterocycles. The molecule has 24 heavy (non-hydrogen) atoms. The van der Waals surface area contributed by atoms with Crippen LogP contribution < -0.4 is 11.2 Å². The fourth-order valence-corrected chi connectivity index (χ4v) is 2.93. The first-order valence-corrected chi connectivity index (χ1v) is 8.80. The lowest BCUT2D eigenvalue weighted by atomic mass is 10.2. The van der Waals surface area contributed by atoms with Crippen molar-refractivity contribution < 1.29 is 5.11 Å². The van der Waals surface area contributed by atoms with Crippen molar-refractivity contribution in [2.75, 3.05) is 0 Å². The quantitative estimate of drug-likeness (QED) is 0.706. The maximum atomic E-state index is 12.8. The zero-order chi connectivity index (χ0) is 17.7. The first-order chi connectivity index (χ1) is 11.5. The van der Waals surface area contributed by atoms with Crippen LogP contribution in [0, 0.1) is 0 Å². The third-order valence-corrected chi connectivity index (χ3v) is 4.36. The Balaban J connectivity index is 2.31. The number of aliphatic hydroxyl groups is 1. The zero-order valence-electron chi connectivity index (χ0n) is 14.9. The molecule has 2 heterocycles. The van der Waals surface area contributed by atoms with Gasteiger partial charge in [-0.25, -0.2) is 9.78 Å². The van der Waals surface area contributed by atoms with Crippen molar-refractivity contribution >= 4 is 11.2 Å². The molecule has 134 valence electrons. The molecule has 2 rings (SSSR count). The molecule has 1 unspecified atom stereocenters. The Morgan fingerprint density at radius 2 is 1.88 bits per heavy atom. The molecule has 2 aromatic rings. The number of hydrogen-bond acceptors (Lipinski definition) is 4. The van der Waals surface area contributed by atoms with Crippen LogP contribution in [0.5, 0.6) is 0 Å². The number of fused-ring (bicyclic) bond motifs is 1. The summed E-state index contributed by atoms with van der Waals surface area (Å²) in [5.41, 5.74) is 0.373. The summed E-state index contributed by atoms with van der Waals surface area (Å²) in [4.78, 5) is 29.4. The minimum atomic E-state index is -0.304. The van der Waals surface area contributed by atoms with E-state index in [1.165, 1.54) is 9.13 Å². The second-order valence-corrected chi connectivity index (χ2v) is 6.46. The van der Waals surface area contributed by atoms with Crippen molar-refractivity contribution in [2.24, 2.45) is 7.05 Å². The highest BCUT2D eigenvalue weighted by molar-refractivity contribution is 5.69. The van der Waals surface area contributed by atoms with Crippen molar-refractivity contribution in [3.8, 4) is 0 Å². The molecule has 7 heteroatoms. The number of aryl methyl sites for hydroxylation is 2. The van der Waals surface area contributed by atoms with Crippen LogP contribution in [0.15, 0.2) is 15.9 Å². The van der Waals surface area contributed by atoms with Crippen molar-refractivity contribution in [2.45, 2.75) is 71.6 Å². The molecule has 7 nitrogen and oxygen atoms in total. The molecule has 0 saturated carbocycles. The van der Waals surface area contributed by atoms with Gasteiger partial charge >= 0.3 is 5.69 Å². The Bertz CT molecular complexity index is 785. The lowest BCUT2D eigenvalue weighted by Gasteiger charge is -2.10. The van der Waals surface area contributed by atoms with Crippen LogP contribution in [0.1, 0.15) is 52.4 Å². The van der Waals surface area contributed by atoms with Crippen molar-refractivity contribution in [3.05, 3.63) is 27.2 Å². The standard InChI is InChI=1S/C17H28N4O3/c1-4-5-7-11-21-16(23)14-15(19(3)17(21)24)18-12-20(14)10-8-6-9-13(2)22/h12-13,22H,4-11H2,1-3H3. The Labute approximate surface area is 141 Å². The van der Waals surface area contributed by atoms with Crippen molar-refractivity contribution in [1.29, 1.82) is 0 Å². The van der Waals surface area contributed by atoms with Gasteiger partial charge in [-0.3, -0.25) is 13.9 Å². The Hall–Kier alpha value is -1.89. The SMILES string of the molecule is CCCCCn1c(=O)c2c(ncn2CCCCC(C)O)n(C)c1=O. The van der Waals surface area contributed by atoms with Crippen LogP contribution in [-0.2, 0) is 20.1 Å². The summed E-state index contributed by atoms with van der Waals surface area (Å²) < 4.78 is 4.61. The van der Waals surface area contributed by atoms with Gasteiger partial charge in [0, 0.05) is 20.1 Å². The van der Waals surface area contributed by atoms with Crippen LogP contribution in [0.2, 0.25) is 0 Å². The smallest absolute Gasteiger partial charge is 0.332 e. The average Bonchev–Trinajstić information content (AvgIpc) is 2.97. The molecule has 1 atom stereocenters. The molecule has 0 aliphatic carbocycles. The summed E-state index contributed by atoms with van der Waals surface area (Å²) in [6.45, 7) is 4.97. The van der Waals surface area contributed by atoms with Crippen molar-refractivity contribution in [3.63, 3.8) is 0 Å². The molecule has 0 amide bonds. The molecule has 0 spiro atoms. The van der Waals surface area contributed by atoms with E-state index in [9.17, 15) is 14.7 Å². The molecule has 0 fully saturated rings. The highest BCUT2D eigenvalue weighted by Gasteiger charge is 2.15. The lowest BCUT2D eigenvalue weighted by molar-refractivity contribution is 0.180. The number of imidazole rings is 1. The van der Waals surface area contributed by atoms with Gasteiger partial charge in [-0.05, 0) is 32.6 Å². The summed E-state index contributed by atoms with van der Waals surface area (Å²) >= 11 is 0. The van der Waals surface area contributed by atoms with Gasteiger partial charge in [0.25, 0.3) is 5.56 Å². The molecule has 0 aromatic carbocycles. The van der Waals surface area contributed by atoms with E-state index >= 15 is 0 Å². The minimum absolute atomic E-state index is 0.253. The number of nitrogens with zero attached hydrogens (tertiary/aromatic N) is 4. The summed E-state index contributed by atoms with van der Waals surface area (Å²) in [5.74, 6) is 0. The highest BCUT2D eigenvalue weighted by Crippen LogP contribution is 2.09. The second kappa shape index (κ2) is 8.28. The van der Waals surface area contributed by atoms with E-state index < -0.39 is 0 Å². The molecule has 0 saturated heterocycles. The second-order valence-electron chi connectivity index (χ2n) is 6.46. The Morgan fingerprint density at radius 1 is 1.17 bits per heavy atom. The minimum Gasteiger partial charge on any atom is -0.393 e. The van der Waals surface area contributed by atoms with Crippen LogP contribution in [0.4, 0.5) is 0 Å². The molecule has 0 aliphatic rings. The van der Waals surface area contributed by atoms with Gasteiger partial charge in [-0.2, -0.15) is 0 Å². The van der Waals surface area contributed by atoms with E-state index in [0.29, 0.717) is 24.3 Å². The largest absolute Gasteiger partial charge is 0.393 e. The predicted octanol–water partition coefficient (Wildman–Crippen LogP) is 1.64. The fraction of sp³-hybridized carbons (Fsp3) is 0.706. The molecule has 1 N–H and O–H groups in total. The molecule has 0 aliphatic heterocycles. The summed E-state index contributed by atoms with van der Waals surface area (Å²) in [5, 5.41) is 9.32. The number of aliphatic hydroxyl groups excluding tert-OH is 1. The number of hydrogen-bond donors (Lipinski definition) is 1. The predicted molar refractivity (Wildman–Crippen MR) is 94.3 cm³/mol. The Kier molecular flexibility index (Phi) is 6.36. The van der Waals surface area contributed by atoms with Crippen LogP contribution >= 0.6 is 0 Å². The maximum Gasteiger partial charge on any atom is 0.332 e.